The van der Waals surface area contributed by atoms with Gasteiger partial charge in [-0.3, -0.25) is 19.9 Å². The number of anilines is 6. The number of urea groups is 1. The van der Waals surface area contributed by atoms with Gasteiger partial charge < -0.3 is 15.5 Å². The van der Waals surface area contributed by atoms with E-state index < -0.39 is 27.4 Å². The highest BCUT2D eigenvalue weighted by Gasteiger charge is 2.26. The molecule has 268 valence electrons. The number of benzene rings is 2. The summed E-state index contributed by atoms with van der Waals surface area (Å²) in [6.45, 7) is 10.6. The molecule has 2 saturated heterocycles. The Hall–Kier alpha value is -5.26. The molecule has 2 aliphatic heterocycles. The first-order valence-electron chi connectivity index (χ1n) is 16.4. The van der Waals surface area contributed by atoms with Crippen molar-refractivity contribution in [1.82, 2.24) is 35.1 Å². The van der Waals surface area contributed by atoms with Gasteiger partial charge in [-0.15, -0.1) is 10.2 Å². The molecule has 4 aromatic rings. The molecule has 2 fully saturated rings. The molecule has 17 heteroatoms. The molecule has 2 aromatic heterocycles. The summed E-state index contributed by atoms with van der Waals surface area (Å²) >= 11 is 0. The van der Waals surface area contributed by atoms with Gasteiger partial charge in [-0.05, 0) is 70.2 Å². The van der Waals surface area contributed by atoms with Gasteiger partial charge in [0.1, 0.15) is 11.6 Å². The van der Waals surface area contributed by atoms with E-state index in [0.717, 1.165) is 5.56 Å². The van der Waals surface area contributed by atoms with Crippen molar-refractivity contribution >= 4 is 56.7 Å². The number of rotatable bonds is 10. The number of carbonyl (C=O) groups excluding carboxylic acids is 2. The fourth-order valence-corrected chi connectivity index (χ4v) is 7.13. The Morgan fingerprint density at radius 2 is 1.73 bits per heavy atom. The number of sulfonamides is 1. The summed E-state index contributed by atoms with van der Waals surface area (Å²) in [4.78, 5) is 38.3. The van der Waals surface area contributed by atoms with E-state index in [-0.39, 0.29) is 29.7 Å². The van der Waals surface area contributed by atoms with Crippen molar-refractivity contribution in [2.24, 2.45) is 0 Å². The van der Waals surface area contributed by atoms with E-state index in [1.807, 2.05) is 13.0 Å². The summed E-state index contributed by atoms with van der Waals surface area (Å²) in [7, 11) is -3.72. The van der Waals surface area contributed by atoms with Gasteiger partial charge in [0.25, 0.3) is 0 Å². The van der Waals surface area contributed by atoms with Gasteiger partial charge >= 0.3 is 6.03 Å². The van der Waals surface area contributed by atoms with Crippen molar-refractivity contribution in [1.29, 1.82) is 0 Å². The maximum Gasteiger partial charge on any atom is 0.328 e. The van der Waals surface area contributed by atoms with Crippen LogP contribution in [0, 0.1) is 12.7 Å². The minimum atomic E-state index is -3.72. The van der Waals surface area contributed by atoms with Crippen LogP contribution in [0.3, 0.4) is 0 Å². The van der Waals surface area contributed by atoms with Crippen LogP contribution in [-0.4, -0.2) is 83.7 Å². The quantitative estimate of drug-likeness (QED) is 0.185. The second-order valence-electron chi connectivity index (χ2n) is 13.4. The molecule has 3 amide bonds. The molecule has 0 atom stereocenters. The summed E-state index contributed by atoms with van der Waals surface area (Å²) in [5, 5.41) is 17.2. The molecule has 0 saturated carbocycles. The lowest BCUT2D eigenvalue weighted by Crippen LogP contribution is -2.49. The lowest BCUT2D eigenvalue weighted by atomic mass is 10.1. The Labute approximate surface area is 295 Å². The van der Waals surface area contributed by atoms with E-state index in [2.05, 4.69) is 50.6 Å². The second kappa shape index (κ2) is 14.5. The van der Waals surface area contributed by atoms with Gasteiger partial charge in [-0.25, -0.2) is 27.3 Å². The molecule has 2 aromatic carbocycles. The van der Waals surface area contributed by atoms with Gasteiger partial charge in [-0.2, -0.15) is 4.98 Å². The number of amides is 3. The minimum Gasteiger partial charge on any atom is -0.353 e. The zero-order valence-electron chi connectivity index (χ0n) is 28.8. The third kappa shape index (κ3) is 8.92. The van der Waals surface area contributed by atoms with E-state index in [4.69, 9.17) is 0 Å². The number of carbonyl (C=O) groups is 2. The number of hydrogen-bond acceptors (Lipinski definition) is 12. The van der Waals surface area contributed by atoms with E-state index in [1.165, 1.54) is 17.0 Å². The Morgan fingerprint density at radius 1 is 0.941 bits per heavy atom. The van der Waals surface area contributed by atoms with E-state index in [9.17, 15) is 18.0 Å². The van der Waals surface area contributed by atoms with E-state index in [1.54, 1.807) is 63.4 Å². The lowest BCUT2D eigenvalue weighted by Gasteiger charge is -2.35. The van der Waals surface area contributed by atoms with E-state index in [0.29, 0.717) is 67.1 Å². The van der Waals surface area contributed by atoms with Crippen LogP contribution in [0.25, 0.3) is 0 Å². The Morgan fingerprint density at radius 3 is 2.41 bits per heavy atom. The maximum absolute atomic E-state index is 15.0. The van der Waals surface area contributed by atoms with Crippen molar-refractivity contribution < 1.29 is 22.4 Å². The van der Waals surface area contributed by atoms with Crippen LogP contribution in [0.4, 0.5) is 44.0 Å². The number of halogens is 1. The number of nitrogens with one attached hydrogen (secondary N) is 4. The molecule has 4 N–H and O–H groups in total. The van der Waals surface area contributed by atoms with Gasteiger partial charge in [0.05, 0.1) is 4.90 Å². The van der Waals surface area contributed by atoms with Crippen molar-refractivity contribution in [2.75, 3.05) is 53.2 Å². The molecule has 2 aliphatic rings. The summed E-state index contributed by atoms with van der Waals surface area (Å²) in [6.07, 6.45) is 1.82. The molecule has 15 nitrogen and oxygen atoms in total. The molecule has 0 spiro atoms. The Balaban J connectivity index is 1.03. The lowest BCUT2D eigenvalue weighted by molar-refractivity contribution is -0.120. The molecule has 51 heavy (non-hydrogen) atoms. The molecule has 0 unspecified atom stereocenters. The third-order valence-corrected chi connectivity index (χ3v) is 9.96. The highest BCUT2D eigenvalue weighted by molar-refractivity contribution is 7.89. The van der Waals surface area contributed by atoms with Gasteiger partial charge in [0.2, 0.25) is 21.9 Å². The Bertz CT molecular complexity index is 2030. The summed E-state index contributed by atoms with van der Waals surface area (Å²) in [5.74, 6) is 1.20. The molecule has 4 heterocycles. The zero-order chi connectivity index (χ0) is 36.3. The fraction of sp³-hybridized carbons (Fsp3) is 0.353. The SMILES string of the molecule is Cc1cnc(Nc2ccc(N3CCN(Cc4ccc(N5CCC(=O)NC5=O)cc4F)CC3)nn2)nc1Nc1cccc(S(=O)(=O)NC(C)(C)C)c1. The van der Waals surface area contributed by atoms with Crippen LogP contribution in [0.15, 0.2) is 65.7 Å². The first-order valence-corrected chi connectivity index (χ1v) is 17.9. The Kier molecular flexibility index (Phi) is 10.1. The van der Waals surface area contributed by atoms with Crippen molar-refractivity contribution in [3.8, 4) is 0 Å². The van der Waals surface area contributed by atoms with Crippen LogP contribution in [0.2, 0.25) is 0 Å². The van der Waals surface area contributed by atoms with Crippen LogP contribution < -0.4 is 30.5 Å². The average Bonchev–Trinajstić information content (AvgIpc) is 3.07. The molecule has 6 rings (SSSR count). The highest BCUT2D eigenvalue weighted by atomic mass is 32.2. The monoisotopic (exact) mass is 717 g/mol. The zero-order valence-corrected chi connectivity index (χ0v) is 29.6. The molecule has 0 aliphatic carbocycles. The summed E-state index contributed by atoms with van der Waals surface area (Å²) < 4.78 is 43.4. The van der Waals surface area contributed by atoms with Crippen LogP contribution in [0.1, 0.15) is 38.3 Å². The standard InChI is InChI=1S/C34H40FN11O4S/c1-22-20-36-32(40-31(22)37-24-6-5-7-26(18-24)51(49,50)43-34(2,3)4)38-28-10-11-29(42-41-28)45-16-14-44(15-17-45)21-23-8-9-25(19-27(23)35)46-13-12-30(47)39-33(46)48/h5-11,18-20,43H,12-17,21H2,1-4H3,(H,39,47,48)(H2,36,37,38,40,41). The third-order valence-electron chi connectivity index (χ3n) is 8.20. The smallest absolute Gasteiger partial charge is 0.328 e. The fourth-order valence-electron chi connectivity index (χ4n) is 5.66. The maximum atomic E-state index is 15.0. The highest BCUT2D eigenvalue weighted by Crippen LogP contribution is 2.25. The summed E-state index contributed by atoms with van der Waals surface area (Å²) in [6, 6.07) is 14.3. The number of aromatic nitrogens is 4. The molecule has 0 radical (unpaired) electrons. The van der Waals surface area contributed by atoms with Crippen molar-refractivity contribution in [3.63, 3.8) is 0 Å². The van der Waals surface area contributed by atoms with Crippen molar-refractivity contribution in [3.05, 3.63) is 77.7 Å². The van der Waals surface area contributed by atoms with Crippen LogP contribution in [-0.2, 0) is 21.4 Å². The molecular weight excluding hydrogens is 678 g/mol. The average molecular weight is 718 g/mol. The largest absolute Gasteiger partial charge is 0.353 e. The van der Waals surface area contributed by atoms with Crippen LogP contribution >= 0.6 is 0 Å². The summed E-state index contributed by atoms with van der Waals surface area (Å²) in [5.41, 5.74) is 1.63. The van der Waals surface area contributed by atoms with E-state index >= 15 is 4.39 Å². The second-order valence-corrected chi connectivity index (χ2v) is 15.1. The first-order chi connectivity index (χ1) is 24.2. The first kappa shape index (κ1) is 35.6. The number of aryl methyl sites for hydroxylation is 1. The number of hydrogen-bond donors (Lipinski definition) is 4. The topological polar surface area (TPSA) is 178 Å². The van der Waals surface area contributed by atoms with Gasteiger partial charge in [0.15, 0.2) is 11.6 Å². The number of nitrogens with zero attached hydrogens (tertiary/aromatic N) is 7. The molecule has 0 bridgehead atoms. The van der Waals surface area contributed by atoms with Crippen molar-refractivity contribution in [2.45, 2.75) is 51.1 Å². The normalized spacial score (nSPS) is 15.9. The predicted octanol–water partition coefficient (Wildman–Crippen LogP) is 4.05. The number of piperazine rings is 1. The number of imide groups is 1. The molecular formula is C34H40FN11O4S. The van der Waals surface area contributed by atoms with Gasteiger partial charge in [0, 0.05) is 79.9 Å². The van der Waals surface area contributed by atoms with Gasteiger partial charge in [-0.1, -0.05) is 12.1 Å². The van der Waals surface area contributed by atoms with Crippen LogP contribution in [0.5, 0.6) is 0 Å². The predicted molar refractivity (Wildman–Crippen MR) is 191 cm³/mol. The minimum absolute atomic E-state index is 0.134.